The van der Waals surface area contributed by atoms with E-state index in [0.29, 0.717) is 31.6 Å². The predicted molar refractivity (Wildman–Crippen MR) is 349 cm³/mol. The van der Waals surface area contributed by atoms with Gasteiger partial charge in [-0.25, -0.2) is 9.13 Å². The summed E-state index contributed by atoms with van der Waals surface area (Å²) < 4.78 is 68.1. The summed E-state index contributed by atoms with van der Waals surface area (Å²) in [4.78, 5) is 72.4. The van der Waals surface area contributed by atoms with Gasteiger partial charge >= 0.3 is 39.5 Å². The van der Waals surface area contributed by atoms with Gasteiger partial charge in [-0.05, 0) is 37.5 Å². The quantitative estimate of drug-likeness (QED) is 0.0222. The van der Waals surface area contributed by atoms with Crippen molar-refractivity contribution in [2.75, 3.05) is 39.6 Å². The molecule has 3 N–H and O–H groups in total. The van der Waals surface area contributed by atoms with Crippen LogP contribution in [0.25, 0.3) is 0 Å². The van der Waals surface area contributed by atoms with Gasteiger partial charge in [0, 0.05) is 25.7 Å². The van der Waals surface area contributed by atoms with Gasteiger partial charge in [-0.3, -0.25) is 37.3 Å². The van der Waals surface area contributed by atoms with Crippen LogP contribution >= 0.6 is 15.6 Å². The van der Waals surface area contributed by atoms with Gasteiger partial charge in [-0.2, -0.15) is 0 Å². The van der Waals surface area contributed by atoms with E-state index in [0.717, 1.165) is 102 Å². The molecule has 516 valence electrons. The first kappa shape index (κ1) is 85.1. The summed E-state index contributed by atoms with van der Waals surface area (Å²) in [6, 6.07) is 0. The van der Waals surface area contributed by atoms with Crippen molar-refractivity contribution < 1.29 is 80.2 Å². The molecule has 0 fully saturated rings. The van der Waals surface area contributed by atoms with E-state index in [-0.39, 0.29) is 25.7 Å². The van der Waals surface area contributed by atoms with E-state index in [2.05, 4.69) is 41.5 Å². The van der Waals surface area contributed by atoms with Crippen molar-refractivity contribution >= 4 is 39.5 Å². The molecular formula is C68H132O17P2. The van der Waals surface area contributed by atoms with Crippen LogP contribution in [0.1, 0.15) is 343 Å². The SMILES string of the molecule is CCCCCCCCCCCCCCC(=O)OC[C@H](COP(=O)(O)OC[C@@H](O)COP(=O)(O)OC[C@@H](COC(=O)CCCCCCCCC(C)C)OC(=O)CCCCCCCCCCCC)OC(=O)CCCCCCCCCCCCCCCC(C)C. The lowest BCUT2D eigenvalue weighted by Crippen LogP contribution is -2.30. The minimum absolute atomic E-state index is 0.105. The van der Waals surface area contributed by atoms with Crippen LogP contribution in [-0.4, -0.2) is 96.7 Å². The molecule has 2 unspecified atom stereocenters. The number of carbonyl (C=O) groups is 4. The minimum atomic E-state index is -4.95. The van der Waals surface area contributed by atoms with Crippen molar-refractivity contribution in [3.63, 3.8) is 0 Å². The minimum Gasteiger partial charge on any atom is -0.462 e. The maximum Gasteiger partial charge on any atom is 0.472 e. The summed E-state index contributed by atoms with van der Waals surface area (Å²) in [5, 5.41) is 10.6. The highest BCUT2D eigenvalue weighted by atomic mass is 31.2. The second-order valence-electron chi connectivity index (χ2n) is 25.5. The van der Waals surface area contributed by atoms with Crippen molar-refractivity contribution in [1.29, 1.82) is 0 Å². The maximum atomic E-state index is 13.0. The number of aliphatic hydroxyl groups excluding tert-OH is 1. The number of carbonyl (C=O) groups excluding carboxylic acids is 4. The van der Waals surface area contributed by atoms with E-state index < -0.39 is 97.5 Å². The fourth-order valence-electron chi connectivity index (χ4n) is 10.2. The topological polar surface area (TPSA) is 237 Å². The van der Waals surface area contributed by atoms with E-state index in [9.17, 15) is 43.2 Å². The molecule has 17 nitrogen and oxygen atoms in total. The van der Waals surface area contributed by atoms with E-state index in [1.54, 1.807) is 0 Å². The molecule has 0 aliphatic rings. The summed E-state index contributed by atoms with van der Waals surface area (Å²) in [5.41, 5.74) is 0. The average Bonchev–Trinajstić information content (AvgIpc) is 3.70. The summed E-state index contributed by atoms with van der Waals surface area (Å²) >= 11 is 0. The van der Waals surface area contributed by atoms with E-state index in [1.807, 2.05) is 0 Å². The molecule has 0 spiro atoms. The van der Waals surface area contributed by atoms with Gasteiger partial charge in [0.25, 0.3) is 0 Å². The van der Waals surface area contributed by atoms with Gasteiger partial charge in [-0.1, -0.05) is 292 Å². The fraction of sp³-hybridized carbons (Fsp3) is 0.941. The van der Waals surface area contributed by atoms with Crippen molar-refractivity contribution in [1.82, 2.24) is 0 Å². The predicted octanol–water partition coefficient (Wildman–Crippen LogP) is 19.2. The molecular weight excluding hydrogens is 1150 g/mol. The number of hydrogen-bond donors (Lipinski definition) is 3. The van der Waals surface area contributed by atoms with Crippen LogP contribution < -0.4 is 0 Å². The molecule has 0 rings (SSSR count). The largest absolute Gasteiger partial charge is 0.472 e. The fourth-order valence-corrected chi connectivity index (χ4v) is 11.8. The van der Waals surface area contributed by atoms with E-state index in [1.165, 1.54) is 154 Å². The average molecular weight is 1280 g/mol. The van der Waals surface area contributed by atoms with Gasteiger partial charge in [0.2, 0.25) is 0 Å². The first-order valence-electron chi connectivity index (χ1n) is 35.5. The molecule has 0 aliphatic carbocycles. The van der Waals surface area contributed by atoms with Gasteiger partial charge in [0.05, 0.1) is 26.4 Å². The van der Waals surface area contributed by atoms with Crippen LogP contribution in [0.3, 0.4) is 0 Å². The number of unbranched alkanes of at least 4 members (excludes halogenated alkanes) is 37. The molecule has 0 heterocycles. The number of hydrogen-bond acceptors (Lipinski definition) is 15. The molecule has 0 amide bonds. The Morgan fingerprint density at radius 2 is 0.529 bits per heavy atom. The maximum absolute atomic E-state index is 13.0. The van der Waals surface area contributed by atoms with Crippen molar-refractivity contribution in [3.8, 4) is 0 Å². The second-order valence-corrected chi connectivity index (χ2v) is 28.4. The third-order valence-corrected chi connectivity index (χ3v) is 17.6. The molecule has 0 aromatic rings. The molecule has 0 aliphatic heterocycles. The number of esters is 4. The molecule has 0 saturated heterocycles. The zero-order valence-corrected chi connectivity index (χ0v) is 58.1. The van der Waals surface area contributed by atoms with Crippen molar-refractivity contribution in [2.45, 2.75) is 362 Å². The Morgan fingerprint density at radius 3 is 0.782 bits per heavy atom. The van der Waals surface area contributed by atoms with Crippen LogP contribution in [0.5, 0.6) is 0 Å². The van der Waals surface area contributed by atoms with E-state index in [4.69, 9.17) is 37.0 Å². The third kappa shape index (κ3) is 62.6. The molecule has 0 radical (unpaired) electrons. The number of aliphatic hydroxyl groups is 1. The van der Waals surface area contributed by atoms with Gasteiger partial charge in [0.15, 0.2) is 12.2 Å². The molecule has 19 heteroatoms. The smallest absolute Gasteiger partial charge is 0.462 e. The normalized spacial score (nSPS) is 14.2. The lowest BCUT2D eigenvalue weighted by Gasteiger charge is -2.21. The lowest BCUT2D eigenvalue weighted by atomic mass is 10.0. The zero-order chi connectivity index (χ0) is 64.3. The number of rotatable bonds is 67. The van der Waals surface area contributed by atoms with Gasteiger partial charge in [-0.15, -0.1) is 0 Å². The highest BCUT2D eigenvalue weighted by Gasteiger charge is 2.30. The standard InChI is InChI=1S/C68H132O17P2/c1-7-9-11-13-15-17-19-24-28-31-38-44-50-65(70)78-56-63(84-68(73)53-47-41-33-29-25-22-20-21-23-26-30-36-42-48-60(3)4)58-82-86(74,75)80-54-62(69)55-81-87(76,77)83-59-64(57-79-66(71)51-45-39-35-34-37-43-49-61(5)6)85-67(72)52-46-40-32-27-18-16-14-12-10-8-2/h60-64,69H,7-59H2,1-6H3,(H,74,75)(H,76,77)/t62-,63-,64-/m1/s1. The molecule has 0 aromatic carbocycles. The summed E-state index contributed by atoms with van der Waals surface area (Å²) in [6.07, 6.45) is 44.5. The van der Waals surface area contributed by atoms with Crippen molar-refractivity contribution in [2.24, 2.45) is 11.8 Å². The Hall–Kier alpha value is -1.94. The molecule has 5 atom stereocenters. The van der Waals surface area contributed by atoms with Gasteiger partial charge < -0.3 is 33.8 Å². The summed E-state index contributed by atoms with van der Waals surface area (Å²) in [5.74, 6) is -0.662. The third-order valence-electron chi connectivity index (χ3n) is 15.7. The molecule has 87 heavy (non-hydrogen) atoms. The highest BCUT2D eigenvalue weighted by molar-refractivity contribution is 7.47. The van der Waals surface area contributed by atoms with Crippen LogP contribution in [0.15, 0.2) is 0 Å². The monoisotopic (exact) mass is 1280 g/mol. The van der Waals surface area contributed by atoms with Crippen molar-refractivity contribution in [3.05, 3.63) is 0 Å². The van der Waals surface area contributed by atoms with Crippen LogP contribution in [0.4, 0.5) is 0 Å². The molecule has 0 aromatic heterocycles. The first-order chi connectivity index (χ1) is 41.9. The van der Waals surface area contributed by atoms with Crippen LogP contribution in [0.2, 0.25) is 0 Å². The second kappa shape index (κ2) is 60.3. The number of phosphoric acid groups is 2. The zero-order valence-electron chi connectivity index (χ0n) is 56.3. The van der Waals surface area contributed by atoms with Crippen LogP contribution in [-0.2, 0) is 65.4 Å². The Bertz CT molecular complexity index is 1700. The van der Waals surface area contributed by atoms with Crippen LogP contribution in [0, 0.1) is 11.8 Å². The molecule has 0 saturated carbocycles. The first-order valence-corrected chi connectivity index (χ1v) is 38.5. The Kier molecular flexibility index (Phi) is 59.0. The Morgan fingerprint density at radius 1 is 0.310 bits per heavy atom. The van der Waals surface area contributed by atoms with E-state index >= 15 is 0 Å². The summed E-state index contributed by atoms with van der Waals surface area (Å²) in [7, 11) is -9.89. The Labute approximate surface area is 530 Å². The summed E-state index contributed by atoms with van der Waals surface area (Å²) in [6.45, 7) is 9.46. The Balaban J connectivity index is 5.23. The number of ether oxygens (including phenoxy) is 4. The van der Waals surface area contributed by atoms with Gasteiger partial charge in [0.1, 0.15) is 19.3 Å². The lowest BCUT2D eigenvalue weighted by molar-refractivity contribution is -0.161. The highest BCUT2D eigenvalue weighted by Crippen LogP contribution is 2.45. The number of phosphoric ester groups is 2. The molecule has 0 bridgehead atoms.